The van der Waals surface area contributed by atoms with E-state index in [0.29, 0.717) is 5.92 Å². The Labute approximate surface area is 96.6 Å². The maximum absolute atomic E-state index is 12.3. The third kappa shape index (κ3) is 1.16. The maximum atomic E-state index is 12.3. The summed E-state index contributed by atoms with van der Waals surface area (Å²) < 4.78 is 1.77. The first kappa shape index (κ1) is 11.2. The number of nitrogens with zero attached hydrogens (tertiary/aromatic N) is 1. The predicted molar refractivity (Wildman–Crippen MR) is 67.8 cm³/mol. The second-order valence-electron chi connectivity index (χ2n) is 4.89. The number of aromatic nitrogens is 1. The summed E-state index contributed by atoms with van der Waals surface area (Å²) in [6, 6.07) is 0. The lowest BCUT2D eigenvalue weighted by Gasteiger charge is -2.16. The van der Waals surface area contributed by atoms with E-state index >= 15 is 0 Å². The van der Waals surface area contributed by atoms with Crippen molar-refractivity contribution in [1.29, 1.82) is 0 Å². The average Bonchev–Trinajstić information content (AvgIpc) is 2.48. The molecule has 16 heavy (non-hydrogen) atoms. The molecule has 0 bridgehead atoms. The van der Waals surface area contributed by atoms with Gasteiger partial charge in [-0.05, 0) is 44.4 Å². The van der Waals surface area contributed by atoms with Gasteiger partial charge in [-0.2, -0.15) is 0 Å². The van der Waals surface area contributed by atoms with Crippen LogP contribution >= 0.6 is 0 Å². The minimum absolute atomic E-state index is 0.152. The quantitative estimate of drug-likeness (QED) is 0.655. The zero-order valence-electron chi connectivity index (χ0n) is 10.9. The highest BCUT2D eigenvalue weighted by Gasteiger charge is 2.28. The van der Waals surface area contributed by atoms with Gasteiger partial charge in [0.1, 0.15) is 0 Å². The van der Waals surface area contributed by atoms with Crippen LogP contribution in [0.3, 0.4) is 0 Å². The first-order valence-electron chi connectivity index (χ1n) is 5.75. The van der Waals surface area contributed by atoms with Crippen molar-refractivity contribution in [2.75, 3.05) is 0 Å². The molecule has 2 nitrogen and oxygen atoms in total. The van der Waals surface area contributed by atoms with E-state index in [4.69, 9.17) is 0 Å². The number of hydrogen-bond donors (Lipinski definition) is 0. The van der Waals surface area contributed by atoms with Crippen LogP contribution < -0.4 is 5.56 Å². The van der Waals surface area contributed by atoms with Crippen LogP contribution in [0.25, 0.3) is 5.57 Å². The van der Waals surface area contributed by atoms with E-state index in [1.807, 2.05) is 14.0 Å². The van der Waals surface area contributed by atoms with Crippen molar-refractivity contribution in [1.82, 2.24) is 4.57 Å². The summed E-state index contributed by atoms with van der Waals surface area (Å²) in [7, 11) is 1.86. The normalized spacial score (nSPS) is 19.2. The van der Waals surface area contributed by atoms with E-state index in [1.54, 1.807) is 4.57 Å². The van der Waals surface area contributed by atoms with Gasteiger partial charge in [-0.3, -0.25) is 4.79 Å². The van der Waals surface area contributed by atoms with Gasteiger partial charge in [-0.15, -0.1) is 0 Å². The molecule has 86 valence electrons. The summed E-state index contributed by atoms with van der Waals surface area (Å²) >= 11 is 0. The summed E-state index contributed by atoms with van der Waals surface area (Å²) in [5.41, 5.74) is 7.19. The van der Waals surface area contributed by atoms with Crippen LogP contribution in [-0.2, 0) is 7.05 Å². The lowest BCUT2D eigenvalue weighted by molar-refractivity contribution is 0.785. The lowest BCUT2D eigenvalue weighted by Crippen LogP contribution is -2.24. The molecule has 1 aromatic rings. The molecule has 0 saturated carbocycles. The fourth-order valence-corrected chi connectivity index (χ4v) is 2.71. The molecule has 1 unspecified atom stereocenters. The third-order valence-corrected chi connectivity index (χ3v) is 4.29. The molecule has 2 heteroatoms. The molecule has 0 N–H and O–H groups in total. The molecule has 1 heterocycles. The number of rotatable bonds is 0. The molecule has 1 aromatic heterocycles. The SMILES string of the molecule is CC1=C(C)C(C)c2c(C)c(C)n(C)c(=O)c21. The molecule has 0 aromatic carbocycles. The molecule has 2 rings (SSSR count). The van der Waals surface area contributed by atoms with Crippen molar-refractivity contribution in [2.24, 2.45) is 7.05 Å². The van der Waals surface area contributed by atoms with E-state index < -0.39 is 0 Å². The zero-order valence-corrected chi connectivity index (χ0v) is 10.9. The second-order valence-corrected chi connectivity index (χ2v) is 4.89. The van der Waals surface area contributed by atoms with Gasteiger partial charge in [-0.1, -0.05) is 12.5 Å². The van der Waals surface area contributed by atoms with Crippen molar-refractivity contribution in [3.05, 3.63) is 38.3 Å². The first-order chi connectivity index (χ1) is 7.37. The van der Waals surface area contributed by atoms with Gasteiger partial charge in [0.05, 0.1) is 0 Å². The molecule has 1 atom stereocenters. The zero-order chi connectivity index (χ0) is 12.2. The Hall–Kier alpha value is -1.31. The number of fused-ring (bicyclic) bond motifs is 1. The van der Waals surface area contributed by atoms with E-state index in [-0.39, 0.29) is 5.56 Å². The van der Waals surface area contributed by atoms with Crippen molar-refractivity contribution in [3.63, 3.8) is 0 Å². The van der Waals surface area contributed by atoms with Crippen LogP contribution in [0.1, 0.15) is 49.1 Å². The fourth-order valence-electron chi connectivity index (χ4n) is 2.71. The van der Waals surface area contributed by atoms with E-state index in [0.717, 1.165) is 11.3 Å². The Morgan fingerprint density at radius 2 is 1.69 bits per heavy atom. The molecule has 0 spiro atoms. The smallest absolute Gasteiger partial charge is 0.258 e. The van der Waals surface area contributed by atoms with Crippen molar-refractivity contribution < 1.29 is 0 Å². The molecule has 1 aliphatic rings. The van der Waals surface area contributed by atoms with E-state index in [1.165, 1.54) is 22.3 Å². The molecule has 0 saturated heterocycles. The Kier molecular flexibility index (Phi) is 2.33. The molecule has 0 amide bonds. The summed E-state index contributed by atoms with van der Waals surface area (Å²) in [5, 5.41) is 0. The Morgan fingerprint density at radius 3 is 2.25 bits per heavy atom. The monoisotopic (exact) mass is 217 g/mol. The Bertz CT molecular complexity index is 561. The van der Waals surface area contributed by atoms with Crippen LogP contribution in [0.4, 0.5) is 0 Å². The van der Waals surface area contributed by atoms with Crippen LogP contribution in [0.5, 0.6) is 0 Å². The highest BCUT2D eigenvalue weighted by molar-refractivity contribution is 5.77. The van der Waals surface area contributed by atoms with Crippen LogP contribution in [0.15, 0.2) is 10.4 Å². The van der Waals surface area contributed by atoms with Gasteiger partial charge >= 0.3 is 0 Å². The lowest BCUT2D eigenvalue weighted by atomic mass is 9.94. The van der Waals surface area contributed by atoms with Crippen molar-refractivity contribution in [2.45, 2.75) is 40.5 Å². The number of hydrogen-bond acceptors (Lipinski definition) is 1. The summed E-state index contributed by atoms with van der Waals surface area (Å²) in [4.78, 5) is 12.3. The van der Waals surface area contributed by atoms with E-state index in [9.17, 15) is 4.79 Å². The Balaban J connectivity index is 2.95. The summed E-state index contributed by atoms with van der Waals surface area (Å²) in [5.74, 6) is 0.391. The van der Waals surface area contributed by atoms with Crippen molar-refractivity contribution >= 4 is 5.57 Å². The fraction of sp³-hybridized carbons (Fsp3) is 0.500. The maximum Gasteiger partial charge on any atom is 0.258 e. The molecule has 0 fully saturated rings. The van der Waals surface area contributed by atoms with Gasteiger partial charge < -0.3 is 4.57 Å². The second kappa shape index (κ2) is 3.34. The van der Waals surface area contributed by atoms with Crippen LogP contribution in [-0.4, -0.2) is 4.57 Å². The average molecular weight is 217 g/mol. The Morgan fingerprint density at radius 1 is 1.12 bits per heavy atom. The molecule has 1 aliphatic carbocycles. The minimum Gasteiger partial charge on any atom is -0.315 e. The van der Waals surface area contributed by atoms with Gasteiger partial charge in [0.2, 0.25) is 0 Å². The van der Waals surface area contributed by atoms with Gasteiger partial charge in [0.25, 0.3) is 5.56 Å². The van der Waals surface area contributed by atoms with Gasteiger partial charge in [0.15, 0.2) is 0 Å². The summed E-state index contributed by atoms with van der Waals surface area (Å²) in [6.07, 6.45) is 0. The molecule has 0 aliphatic heterocycles. The number of allylic oxidation sites excluding steroid dienone is 2. The highest BCUT2D eigenvalue weighted by atomic mass is 16.1. The standard InChI is InChI=1S/C14H19NO/c1-7-8(2)12-10(4)11(5)15(6)14(16)13(12)9(7)3/h8H,1-6H3. The number of pyridine rings is 1. The topological polar surface area (TPSA) is 22.0 Å². The predicted octanol–water partition coefficient (Wildman–Crippen LogP) is 2.91. The first-order valence-corrected chi connectivity index (χ1v) is 5.75. The highest BCUT2D eigenvalue weighted by Crippen LogP contribution is 2.41. The van der Waals surface area contributed by atoms with Gasteiger partial charge in [-0.25, -0.2) is 0 Å². The summed E-state index contributed by atoms with van der Waals surface area (Å²) in [6.45, 7) is 10.5. The minimum atomic E-state index is 0.152. The van der Waals surface area contributed by atoms with Crippen LogP contribution in [0, 0.1) is 13.8 Å². The van der Waals surface area contributed by atoms with Crippen LogP contribution in [0.2, 0.25) is 0 Å². The van der Waals surface area contributed by atoms with Crippen molar-refractivity contribution in [3.8, 4) is 0 Å². The molecular formula is C14H19NO. The largest absolute Gasteiger partial charge is 0.315 e. The van der Waals surface area contributed by atoms with E-state index in [2.05, 4.69) is 27.7 Å². The molecule has 0 radical (unpaired) electrons. The molecular weight excluding hydrogens is 198 g/mol. The van der Waals surface area contributed by atoms with Gasteiger partial charge in [0, 0.05) is 24.2 Å². The third-order valence-electron chi connectivity index (χ3n) is 4.29.